The van der Waals surface area contributed by atoms with Crippen molar-refractivity contribution < 1.29 is 9.53 Å². The van der Waals surface area contributed by atoms with E-state index in [9.17, 15) is 4.79 Å². The second-order valence-corrected chi connectivity index (χ2v) is 5.69. The van der Waals surface area contributed by atoms with E-state index in [0.717, 1.165) is 17.0 Å². The summed E-state index contributed by atoms with van der Waals surface area (Å²) in [7, 11) is 0. The number of carbonyl (C=O) groups is 1. The lowest BCUT2D eigenvalue weighted by Crippen LogP contribution is -2.61. The van der Waals surface area contributed by atoms with Crippen LogP contribution < -0.4 is 5.32 Å². The highest BCUT2D eigenvalue weighted by atomic mass is 35.5. The predicted octanol–water partition coefficient (Wildman–Crippen LogP) is 2.56. The number of hydrogen-bond acceptors (Lipinski definition) is 2. The van der Waals surface area contributed by atoms with Gasteiger partial charge in [-0.3, -0.25) is 4.79 Å². The van der Waals surface area contributed by atoms with Crippen molar-refractivity contribution in [2.75, 3.05) is 0 Å². The van der Waals surface area contributed by atoms with Crippen LogP contribution in [0.1, 0.15) is 26.3 Å². The third-order valence-electron chi connectivity index (χ3n) is 3.36. The fourth-order valence-electron chi connectivity index (χ4n) is 2.21. The Kier molecular flexibility index (Phi) is 3.64. The molecule has 0 spiro atoms. The van der Waals surface area contributed by atoms with Crippen molar-refractivity contribution in [3.8, 4) is 0 Å². The zero-order valence-corrected chi connectivity index (χ0v) is 11.6. The van der Waals surface area contributed by atoms with Gasteiger partial charge < -0.3 is 10.1 Å². The summed E-state index contributed by atoms with van der Waals surface area (Å²) in [5, 5.41) is 3.74. The van der Waals surface area contributed by atoms with E-state index in [0.29, 0.717) is 0 Å². The fraction of sp³-hybridized carbons (Fsp3) is 0.500. The molecule has 1 aliphatic rings. The first-order chi connectivity index (χ1) is 8.38. The molecular formula is C14H18ClNO2. The van der Waals surface area contributed by atoms with E-state index >= 15 is 0 Å². The van der Waals surface area contributed by atoms with E-state index in [1.165, 1.54) is 0 Å². The molecule has 1 heterocycles. The van der Waals surface area contributed by atoms with Crippen LogP contribution in [0.3, 0.4) is 0 Å². The number of carbonyl (C=O) groups excluding carboxylic acids is 1. The molecule has 0 aliphatic carbocycles. The monoisotopic (exact) mass is 267 g/mol. The van der Waals surface area contributed by atoms with Crippen molar-refractivity contribution in [2.45, 2.75) is 44.9 Å². The highest BCUT2D eigenvalue weighted by molar-refractivity contribution is 6.30. The lowest BCUT2D eigenvalue weighted by Gasteiger charge is -2.41. The maximum Gasteiger partial charge on any atom is 0.249 e. The molecule has 0 radical (unpaired) electrons. The summed E-state index contributed by atoms with van der Waals surface area (Å²) in [6.45, 7) is 5.78. The van der Waals surface area contributed by atoms with Gasteiger partial charge in [0.1, 0.15) is 6.10 Å². The van der Waals surface area contributed by atoms with Gasteiger partial charge in [0, 0.05) is 5.02 Å². The molecule has 3 nitrogen and oxygen atoms in total. The molecule has 4 heteroatoms. The number of hydrogen-bond donors (Lipinski definition) is 1. The van der Waals surface area contributed by atoms with Gasteiger partial charge in [0.05, 0.1) is 11.6 Å². The Morgan fingerprint density at radius 1 is 1.33 bits per heavy atom. The van der Waals surface area contributed by atoms with Crippen LogP contribution in [0, 0.1) is 0 Å². The Balaban J connectivity index is 2.12. The van der Waals surface area contributed by atoms with Crippen LogP contribution in [-0.2, 0) is 16.0 Å². The molecule has 0 unspecified atom stereocenters. The van der Waals surface area contributed by atoms with Crippen molar-refractivity contribution in [1.82, 2.24) is 5.32 Å². The molecule has 1 fully saturated rings. The van der Waals surface area contributed by atoms with Gasteiger partial charge in [-0.1, -0.05) is 23.7 Å². The molecule has 18 heavy (non-hydrogen) atoms. The number of morpholine rings is 1. The van der Waals surface area contributed by atoms with Crippen LogP contribution in [0.4, 0.5) is 0 Å². The molecule has 1 aromatic carbocycles. The first kappa shape index (κ1) is 13.4. The van der Waals surface area contributed by atoms with Gasteiger partial charge in [-0.05, 0) is 44.9 Å². The van der Waals surface area contributed by atoms with Crippen LogP contribution in [-0.4, -0.2) is 23.7 Å². The summed E-state index contributed by atoms with van der Waals surface area (Å²) in [5.74, 6) is -0.0479. The normalized spacial score (nSPS) is 26.8. The Morgan fingerprint density at radius 2 is 1.94 bits per heavy atom. The maximum atomic E-state index is 11.7. The van der Waals surface area contributed by atoms with Crippen LogP contribution in [0.2, 0.25) is 5.02 Å². The molecule has 1 N–H and O–H groups in total. The molecule has 0 aromatic heterocycles. The van der Waals surface area contributed by atoms with Gasteiger partial charge in [-0.15, -0.1) is 0 Å². The lowest BCUT2D eigenvalue weighted by atomic mass is 9.90. The van der Waals surface area contributed by atoms with Crippen LogP contribution in [0.5, 0.6) is 0 Å². The van der Waals surface area contributed by atoms with E-state index < -0.39 is 0 Å². The average Bonchev–Trinajstić information content (AvgIpc) is 2.28. The minimum absolute atomic E-state index is 0.0256. The van der Waals surface area contributed by atoms with Gasteiger partial charge in [0.2, 0.25) is 5.91 Å². The van der Waals surface area contributed by atoms with E-state index in [2.05, 4.69) is 5.32 Å². The largest absolute Gasteiger partial charge is 0.361 e. The molecular weight excluding hydrogens is 250 g/mol. The Bertz CT molecular complexity index is 442. The summed E-state index contributed by atoms with van der Waals surface area (Å²) >= 11 is 5.86. The van der Waals surface area contributed by atoms with Gasteiger partial charge in [-0.2, -0.15) is 0 Å². The fourth-order valence-corrected chi connectivity index (χ4v) is 2.33. The minimum atomic E-state index is -0.388. The molecule has 0 saturated carbocycles. The number of rotatable bonds is 2. The second kappa shape index (κ2) is 4.90. The number of benzene rings is 1. The van der Waals surface area contributed by atoms with Crippen molar-refractivity contribution in [3.63, 3.8) is 0 Å². The summed E-state index contributed by atoms with van der Waals surface area (Å²) < 4.78 is 5.76. The van der Waals surface area contributed by atoms with Crippen molar-refractivity contribution >= 4 is 17.5 Å². The van der Waals surface area contributed by atoms with Gasteiger partial charge in [0.25, 0.3) is 0 Å². The summed E-state index contributed by atoms with van der Waals surface area (Å²) in [5.41, 5.74) is 0.767. The van der Waals surface area contributed by atoms with E-state index in [1.54, 1.807) is 6.92 Å². The van der Waals surface area contributed by atoms with Gasteiger partial charge in [0.15, 0.2) is 0 Å². The highest BCUT2D eigenvalue weighted by Gasteiger charge is 2.39. The Hall–Kier alpha value is -1.06. The zero-order valence-electron chi connectivity index (χ0n) is 10.9. The predicted molar refractivity (Wildman–Crippen MR) is 71.7 cm³/mol. The summed E-state index contributed by atoms with van der Waals surface area (Å²) in [6.07, 6.45) is 0.351. The smallest absolute Gasteiger partial charge is 0.249 e. The average molecular weight is 268 g/mol. The van der Waals surface area contributed by atoms with E-state index in [1.807, 2.05) is 38.1 Å². The van der Waals surface area contributed by atoms with E-state index in [4.69, 9.17) is 16.3 Å². The molecule has 1 aliphatic heterocycles. The standard InChI is InChI=1S/C14H18ClNO2/c1-9-13(17)16-12(14(2,3)18-9)8-10-4-6-11(15)7-5-10/h4-7,9,12H,8H2,1-3H3,(H,16,17)/t9-,12-/m0/s1. The second-order valence-electron chi connectivity index (χ2n) is 5.26. The van der Waals surface area contributed by atoms with Crippen LogP contribution >= 0.6 is 11.6 Å². The van der Waals surface area contributed by atoms with Crippen molar-refractivity contribution in [3.05, 3.63) is 34.9 Å². The van der Waals surface area contributed by atoms with Crippen molar-refractivity contribution in [1.29, 1.82) is 0 Å². The molecule has 98 valence electrons. The SMILES string of the molecule is C[C@@H]1OC(C)(C)[C@H](Cc2ccc(Cl)cc2)NC1=O. The molecule has 1 saturated heterocycles. The molecule has 1 aromatic rings. The minimum Gasteiger partial charge on any atom is -0.361 e. The first-order valence-electron chi connectivity index (χ1n) is 6.11. The summed E-state index contributed by atoms with van der Waals surface area (Å²) in [6, 6.07) is 7.64. The van der Waals surface area contributed by atoms with Crippen LogP contribution in [0.25, 0.3) is 0 Å². The van der Waals surface area contributed by atoms with Crippen molar-refractivity contribution in [2.24, 2.45) is 0 Å². The summed E-state index contributed by atoms with van der Waals surface area (Å²) in [4.78, 5) is 11.7. The number of nitrogens with one attached hydrogen (secondary N) is 1. The topological polar surface area (TPSA) is 38.3 Å². The van der Waals surface area contributed by atoms with Gasteiger partial charge in [-0.25, -0.2) is 0 Å². The quantitative estimate of drug-likeness (QED) is 0.894. The molecule has 2 rings (SSSR count). The third-order valence-corrected chi connectivity index (χ3v) is 3.61. The third kappa shape index (κ3) is 2.85. The molecule has 1 amide bonds. The first-order valence-corrected chi connectivity index (χ1v) is 6.49. The van der Waals surface area contributed by atoms with Gasteiger partial charge >= 0.3 is 0 Å². The van der Waals surface area contributed by atoms with E-state index in [-0.39, 0.29) is 23.7 Å². The zero-order chi connectivity index (χ0) is 13.3. The maximum absolute atomic E-state index is 11.7. The van der Waals surface area contributed by atoms with Crippen LogP contribution in [0.15, 0.2) is 24.3 Å². The molecule has 0 bridgehead atoms. The lowest BCUT2D eigenvalue weighted by molar-refractivity contribution is -0.161. The molecule has 2 atom stereocenters. The Morgan fingerprint density at radius 3 is 2.56 bits per heavy atom. The number of halogens is 1. The number of amides is 1. The highest BCUT2D eigenvalue weighted by Crippen LogP contribution is 2.25. The number of ether oxygens (including phenoxy) is 1. The Labute approximate surface area is 112 Å².